The Kier molecular flexibility index (Phi) is 7.25. The van der Waals surface area contributed by atoms with Crippen LogP contribution in [0.5, 0.6) is 0 Å². The van der Waals surface area contributed by atoms with Crippen LogP contribution in [0, 0.1) is 0 Å². The fourth-order valence-corrected chi connectivity index (χ4v) is 3.66. The van der Waals surface area contributed by atoms with Crippen LogP contribution in [0.4, 0.5) is 0 Å². The highest BCUT2D eigenvalue weighted by atomic mass is 35.5. The van der Waals surface area contributed by atoms with Gasteiger partial charge in [-0.1, -0.05) is 48.5 Å². The number of hydrogen-bond donors (Lipinski definition) is 2. The summed E-state index contributed by atoms with van der Waals surface area (Å²) < 4.78 is 0. The summed E-state index contributed by atoms with van der Waals surface area (Å²) in [5.74, 6) is -0.667. The van der Waals surface area contributed by atoms with E-state index in [1.54, 1.807) is 41.3 Å². The summed E-state index contributed by atoms with van der Waals surface area (Å²) in [5, 5.41) is 4.76. The molecule has 1 saturated heterocycles. The van der Waals surface area contributed by atoms with Gasteiger partial charge in [0.05, 0.1) is 0 Å². The number of carbonyl (C=O) groups is 3. The van der Waals surface area contributed by atoms with Crippen LogP contribution in [0.3, 0.4) is 0 Å². The second-order valence-corrected chi connectivity index (χ2v) is 7.31. The van der Waals surface area contributed by atoms with Crippen molar-refractivity contribution >= 4 is 29.3 Å². The number of benzene rings is 2. The number of nitrogens with zero attached hydrogens (tertiary/aromatic N) is 1. The minimum atomic E-state index is -0.810. The highest BCUT2D eigenvalue weighted by Crippen LogP contribution is 2.27. The minimum absolute atomic E-state index is 0.189. The van der Waals surface area contributed by atoms with Gasteiger partial charge in [0.2, 0.25) is 11.8 Å². The Bertz CT molecular complexity index is 845. The van der Waals surface area contributed by atoms with E-state index in [0.717, 1.165) is 6.42 Å². The highest BCUT2D eigenvalue weighted by molar-refractivity contribution is 6.30. The molecule has 0 radical (unpaired) electrons. The van der Waals surface area contributed by atoms with Gasteiger partial charge in [-0.05, 0) is 30.5 Å². The van der Waals surface area contributed by atoms with E-state index >= 15 is 0 Å². The van der Waals surface area contributed by atoms with Crippen molar-refractivity contribution in [1.82, 2.24) is 15.5 Å². The van der Waals surface area contributed by atoms with Crippen LogP contribution in [0.25, 0.3) is 0 Å². The Morgan fingerprint density at radius 3 is 2.28 bits per heavy atom. The van der Waals surface area contributed by atoms with Crippen molar-refractivity contribution in [3.63, 3.8) is 0 Å². The van der Waals surface area contributed by atoms with E-state index in [-0.39, 0.29) is 17.7 Å². The van der Waals surface area contributed by atoms with Crippen molar-refractivity contribution in [2.75, 3.05) is 19.6 Å². The number of nitrogens with one attached hydrogen (secondary N) is 2. The predicted octanol–water partition coefficient (Wildman–Crippen LogP) is 2.50. The van der Waals surface area contributed by atoms with E-state index in [0.29, 0.717) is 37.2 Å². The van der Waals surface area contributed by atoms with Gasteiger partial charge in [0.15, 0.2) is 0 Å². The Labute approximate surface area is 175 Å². The third-order valence-electron chi connectivity index (χ3n) is 4.89. The fourth-order valence-electron chi connectivity index (χ4n) is 3.38. The van der Waals surface area contributed by atoms with Crippen LogP contribution < -0.4 is 10.6 Å². The maximum absolute atomic E-state index is 12.8. The second kappa shape index (κ2) is 10.1. The molecule has 0 spiro atoms. The van der Waals surface area contributed by atoms with Gasteiger partial charge in [0, 0.05) is 25.2 Å². The van der Waals surface area contributed by atoms with Crippen molar-refractivity contribution in [3.05, 3.63) is 71.8 Å². The molecule has 1 heterocycles. The van der Waals surface area contributed by atoms with Gasteiger partial charge in [0.1, 0.15) is 11.4 Å². The Morgan fingerprint density at radius 2 is 1.59 bits per heavy atom. The van der Waals surface area contributed by atoms with Crippen LogP contribution in [-0.2, 0) is 9.59 Å². The number of alkyl halides is 1. The van der Waals surface area contributed by atoms with Crippen molar-refractivity contribution in [1.29, 1.82) is 0 Å². The zero-order valence-corrected chi connectivity index (χ0v) is 16.8. The number of hydrogen-bond acceptors (Lipinski definition) is 3. The van der Waals surface area contributed by atoms with Crippen LogP contribution >= 0.6 is 11.6 Å². The molecule has 1 aliphatic heterocycles. The van der Waals surface area contributed by atoms with Gasteiger partial charge in [-0.25, -0.2) is 0 Å². The molecular weight excluding hydrogens is 390 g/mol. The molecule has 2 aromatic carbocycles. The van der Waals surface area contributed by atoms with Crippen LogP contribution in [0.1, 0.15) is 34.1 Å². The van der Waals surface area contributed by atoms with Gasteiger partial charge in [-0.2, -0.15) is 0 Å². The summed E-state index contributed by atoms with van der Waals surface area (Å²) in [7, 11) is 0. The molecule has 2 aromatic rings. The van der Waals surface area contributed by atoms with Crippen molar-refractivity contribution in [2.45, 2.75) is 24.3 Å². The molecule has 2 atom stereocenters. The summed E-state index contributed by atoms with van der Waals surface area (Å²) in [6, 6.07) is 17.5. The molecule has 152 valence electrons. The van der Waals surface area contributed by atoms with Gasteiger partial charge in [-0.3, -0.25) is 14.4 Å². The van der Waals surface area contributed by atoms with Crippen LogP contribution in [0.15, 0.2) is 60.7 Å². The lowest BCUT2D eigenvalue weighted by Crippen LogP contribution is -2.48. The lowest BCUT2D eigenvalue weighted by Gasteiger charge is -2.26. The Hall–Kier alpha value is -2.86. The number of carbonyl (C=O) groups excluding carboxylic acids is 3. The molecule has 0 aromatic heterocycles. The van der Waals surface area contributed by atoms with E-state index in [1.807, 2.05) is 24.3 Å². The van der Waals surface area contributed by atoms with E-state index in [1.165, 1.54) is 0 Å². The van der Waals surface area contributed by atoms with Gasteiger partial charge < -0.3 is 15.5 Å². The molecule has 29 heavy (non-hydrogen) atoms. The molecule has 1 fully saturated rings. The molecule has 6 nitrogen and oxygen atoms in total. The number of likely N-dealkylation sites (tertiary alicyclic amines) is 1. The van der Waals surface area contributed by atoms with Crippen molar-refractivity contribution in [3.8, 4) is 0 Å². The van der Waals surface area contributed by atoms with Crippen LogP contribution in [-0.4, -0.2) is 48.3 Å². The van der Waals surface area contributed by atoms with Crippen molar-refractivity contribution in [2.24, 2.45) is 0 Å². The molecule has 1 aliphatic rings. The van der Waals surface area contributed by atoms with Crippen molar-refractivity contribution < 1.29 is 14.4 Å². The topological polar surface area (TPSA) is 78.5 Å². The molecule has 0 bridgehead atoms. The minimum Gasteiger partial charge on any atom is -0.353 e. The molecule has 7 heteroatoms. The van der Waals surface area contributed by atoms with Gasteiger partial charge >= 0.3 is 0 Å². The molecule has 3 rings (SSSR count). The van der Waals surface area contributed by atoms with E-state index in [2.05, 4.69) is 10.6 Å². The number of halogens is 1. The zero-order valence-electron chi connectivity index (χ0n) is 16.0. The number of amides is 3. The summed E-state index contributed by atoms with van der Waals surface area (Å²) in [6.07, 6.45) is 1.36. The van der Waals surface area contributed by atoms with E-state index in [9.17, 15) is 14.4 Å². The quantitative estimate of drug-likeness (QED) is 0.540. The smallest absolute Gasteiger partial charge is 0.251 e. The summed E-state index contributed by atoms with van der Waals surface area (Å²) >= 11 is 6.36. The molecule has 3 amide bonds. The first-order valence-corrected chi connectivity index (χ1v) is 10.1. The molecule has 0 aliphatic carbocycles. The average molecular weight is 414 g/mol. The first-order chi connectivity index (χ1) is 14.1. The highest BCUT2D eigenvalue weighted by Gasteiger charge is 2.36. The lowest BCUT2D eigenvalue weighted by molar-refractivity contribution is -0.138. The molecular formula is C22H24ClN3O3. The standard InChI is InChI=1S/C22H24ClN3O3/c23-19(16-8-3-1-4-9-16)22(29)26-15-7-12-18(26)21(28)25-14-13-24-20(27)17-10-5-2-6-11-17/h1-6,8-11,18-19H,7,12-15H2,(H,24,27)(H,25,28)/t18-,19?/m1/s1. The Morgan fingerprint density at radius 1 is 0.966 bits per heavy atom. The molecule has 1 unspecified atom stereocenters. The second-order valence-electron chi connectivity index (χ2n) is 6.88. The lowest BCUT2D eigenvalue weighted by atomic mass is 10.1. The summed E-state index contributed by atoms with van der Waals surface area (Å²) in [5.41, 5.74) is 1.29. The first kappa shape index (κ1) is 20.9. The third kappa shape index (κ3) is 5.35. The van der Waals surface area contributed by atoms with Gasteiger partial charge in [0.25, 0.3) is 5.91 Å². The third-order valence-corrected chi connectivity index (χ3v) is 5.33. The maximum atomic E-state index is 12.8. The molecule has 2 N–H and O–H groups in total. The van der Waals surface area contributed by atoms with E-state index in [4.69, 9.17) is 11.6 Å². The normalized spacial score (nSPS) is 16.9. The monoisotopic (exact) mass is 413 g/mol. The zero-order chi connectivity index (χ0) is 20.6. The number of rotatable bonds is 7. The maximum Gasteiger partial charge on any atom is 0.251 e. The van der Waals surface area contributed by atoms with E-state index < -0.39 is 11.4 Å². The first-order valence-electron chi connectivity index (χ1n) is 9.68. The average Bonchev–Trinajstić information content (AvgIpc) is 3.26. The Balaban J connectivity index is 1.48. The summed E-state index contributed by atoms with van der Waals surface area (Å²) in [6.45, 7) is 1.11. The van der Waals surface area contributed by atoms with Crippen LogP contribution in [0.2, 0.25) is 0 Å². The molecule has 0 saturated carbocycles. The fraction of sp³-hybridized carbons (Fsp3) is 0.318. The summed E-state index contributed by atoms with van der Waals surface area (Å²) in [4.78, 5) is 38.9. The largest absolute Gasteiger partial charge is 0.353 e. The SMILES string of the molecule is O=C(NCCNC(=O)[C@H]1CCCN1C(=O)C(Cl)c1ccccc1)c1ccccc1. The predicted molar refractivity (Wildman–Crippen MR) is 112 cm³/mol. The van der Waals surface area contributed by atoms with Gasteiger partial charge in [-0.15, -0.1) is 11.6 Å².